The molecule has 0 unspecified atom stereocenters. The lowest BCUT2D eigenvalue weighted by Crippen LogP contribution is -2.24. The number of unbranched alkanes of at least 4 members (excludes halogenated alkanes) is 2. The molecule has 1 heterocycles. The lowest BCUT2D eigenvalue weighted by molar-refractivity contribution is 0.0953. The van der Waals surface area contributed by atoms with E-state index < -0.39 is 0 Å². The number of hydrogen-bond donors (Lipinski definition) is 2. The molecule has 0 saturated carbocycles. The van der Waals surface area contributed by atoms with Crippen LogP contribution in [0.3, 0.4) is 0 Å². The molecule has 1 aromatic rings. The molecule has 1 amide bonds. The van der Waals surface area contributed by atoms with E-state index in [-0.39, 0.29) is 5.91 Å². The zero-order valence-corrected chi connectivity index (χ0v) is 12.4. The number of aromatic nitrogens is 1. The molecule has 0 aliphatic heterocycles. The number of carbonyl (C=O) groups excluding carboxylic acids is 1. The molecule has 0 bridgehead atoms. The largest absolute Gasteiger partial charge is 0.385 e. The fourth-order valence-corrected chi connectivity index (χ4v) is 1.78. The summed E-state index contributed by atoms with van der Waals surface area (Å²) in [4.78, 5) is 16.1. The van der Waals surface area contributed by atoms with Crippen LogP contribution in [-0.4, -0.2) is 37.7 Å². The van der Waals surface area contributed by atoms with Gasteiger partial charge in [0.05, 0.1) is 0 Å². The lowest BCUT2D eigenvalue weighted by Gasteiger charge is -2.08. The standard InChI is InChI=1S/C15H25N3O2/c1-3-4-5-8-18-15(19)13-7-10-17-14(12-13)16-9-6-11-20-2/h7,10,12H,3-6,8-9,11H2,1-2H3,(H,16,17)(H,18,19). The van der Waals surface area contributed by atoms with Crippen molar-refractivity contribution in [2.75, 3.05) is 32.1 Å². The van der Waals surface area contributed by atoms with E-state index in [4.69, 9.17) is 4.74 Å². The van der Waals surface area contributed by atoms with Gasteiger partial charge in [-0.05, 0) is 25.0 Å². The van der Waals surface area contributed by atoms with Crippen LogP contribution in [0.5, 0.6) is 0 Å². The molecule has 1 rings (SSSR count). The maximum Gasteiger partial charge on any atom is 0.251 e. The van der Waals surface area contributed by atoms with Crippen LogP contribution in [0.2, 0.25) is 0 Å². The average Bonchev–Trinajstić information content (AvgIpc) is 2.48. The summed E-state index contributed by atoms with van der Waals surface area (Å²) >= 11 is 0. The van der Waals surface area contributed by atoms with E-state index in [9.17, 15) is 4.79 Å². The molecule has 0 aliphatic rings. The smallest absolute Gasteiger partial charge is 0.251 e. The quantitative estimate of drug-likeness (QED) is 0.646. The molecular weight excluding hydrogens is 254 g/mol. The minimum Gasteiger partial charge on any atom is -0.385 e. The summed E-state index contributed by atoms with van der Waals surface area (Å²) in [6.07, 6.45) is 5.88. The monoisotopic (exact) mass is 279 g/mol. The van der Waals surface area contributed by atoms with Gasteiger partial charge in [-0.1, -0.05) is 19.8 Å². The van der Waals surface area contributed by atoms with Gasteiger partial charge in [0.1, 0.15) is 5.82 Å². The van der Waals surface area contributed by atoms with Crippen LogP contribution in [-0.2, 0) is 4.74 Å². The molecule has 112 valence electrons. The van der Waals surface area contributed by atoms with E-state index in [0.717, 1.165) is 44.6 Å². The number of methoxy groups -OCH3 is 1. The molecule has 0 aromatic carbocycles. The first-order chi connectivity index (χ1) is 9.77. The Kier molecular flexibility index (Phi) is 8.38. The lowest BCUT2D eigenvalue weighted by atomic mass is 10.2. The predicted octanol–water partition coefficient (Wildman–Crippen LogP) is 2.45. The summed E-state index contributed by atoms with van der Waals surface area (Å²) in [7, 11) is 1.68. The van der Waals surface area contributed by atoms with Crippen molar-refractivity contribution in [3.63, 3.8) is 0 Å². The molecular formula is C15H25N3O2. The van der Waals surface area contributed by atoms with Crippen LogP contribution in [0.25, 0.3) is 0 Å². The van der Waals surface area contributed by atoms with Crippen LogP contribution in [0, 0.1) is 0 Å². The SMILES string of the molecule is CCCCCNC(=O)c1ccnc(NCCCOC)c1. The van der Waals surface area contributed by atoms with E-state index in [1.54, 1.807) is 25.4 Å². The summed E-state index contributed by atoms with van der Waals surface area (Å²) in [6.45, 7) is 4.37. The second kappa shape index (κ2) is 10.2. The van der Waals surface area contributed by atoms with E-state index >= 15 is 0 Å². The van der Waals surface area contributed by atoms with Crippen molar-refractivity contribution < 1.29 is 9.53 Å². The van der Waals surface area contributed by atoms with Gasteiger partial charge in [-0.3, -0.25) is 4.79 Å². The second-order valence-electron chi connectivity index (χ2n) is 4.67. The first-order valence-corrected chi connectivity index (χ1v) is 7.25. The Bertz CT molecular complexity index is 396. The Balaban J connectivity index is 2.39. The third-order valence-electron chi connectivity index (χ3n) is 2.92. The van der Waals surface area contributed by atoms with Crippen molar-refractivity contribution in [1.82, 2.24) is 10.3 Å². The maximum absolute atomic E-state index is 11.9. The number of nitrogens with one attached hydrogen (secondary N) is 2. The maximum atomic E-state index is 11.9. The van der Waals surface area contributed by atoms with Gasteiger partial charge in [-0.25, -0.2) is 4.98 Å². The fourth-order valence-electron chi connectivity index (χ4n) is 1.78. The van der Waals surface area contributed by atoms with E-state index in [1.807, 2.05) is 0 Å². The number of anilines is 1. The van der Waals surface area contributed by atoms with Crippen LogP contribution < -0.4 is 10.6 Å². The number of rotatable bonds is 10. The van der Waals surface area contributed by atoms with Gasteiger partial charge in [0.2, 0.25) is 0 Å². The molecule has 0 aliphatic carbocycles. The molecule has 0 spiro atoms. The number of hydrogen-bond acceptors (Lipinski definition) is 4. The number of amides is 1. The van der Waals surface area contributed by atoms with Crippen molar-refractivity contribution in [3.8, 4) is 0 Å². The molecule has 0 radical (unpaired) electrons. The van der Waals surface area contributed by atoms with Crippen molar-refractivity contribution in [1.29, 1.82) is 0 Å². The number of pyridine rings is 1. The van der Waals surface area contributed by atoms with E-state index in [2.05, 4.69) is 22.5 Å². The van der Waals surface area contributed by atoms with Gasteiger partial charge < -0.3 is 15.4 Å². The Hall–Kier alpha value is -1.62. The van der Waals surface area contributed by atoms with Gasteiger partial charge in [0.15, 0.2) is 0 Å². The Morgan fingerprint density at radius 2 is 2.15 bits per heavy atom. The minimum absolute atomic E-state index is 0.0385. The van der Waals surface area contributed by atoms with Crippen LogP contribution in [0.4, 0.5) is 5.82 Å². The Morgan fingerprint density at radius 1 is 1.30 bits per heavy atom. The van der Waals surface area contributed by atoms with Crippen molar-refractivity contribution in [2.24, 2.45) is 0 Å². The molecule has 2 N–H and O–H groups in total. The molecule has 0 saturated heterocycles. The Morgan fingerprint density at radius 3 is 2.90 bits per heavy atom. The highest BCUT2D eigenvalue weighted by molar-refractivity contribution is 5.94. The van der Waals surface area contributed by atoms with Gasteiger partial charge in [-0.2, -0.15) is 0 Å². The fraction of sp³-hybridized carbons (Fsp3) is 0.600. The highest BCUT2D eigenvalue weighted by Gasteiger charge is 2.05. The summed E-state index contributed by atoms with van der Waals surface area (Å²) in [5, 5.41) is 6.10. The molecule has 5 heteroatoms. The topological polar surface area (TPSA) is 63.2 Å². The molecule has 0 fully saturated rings. The summed E-state index contributed by atoms with van der Waals surface area (Å²) in [5.74, 6) is 0.686. The highest BCUT2D eigenvalue weighted by Crippen LogP contribution is 2.07. The number of nitrogens with zero attached hydrogens (tertiary/aromatic N) is 1. The van der Waals surface area contributed by atoms with Crippen LogP contribution in [0.1, 0.15) is 43.0 Å². The van der Waals surface area contributed by atoms with Gasteiger partial charge in [0.25, 0.3) is 5.91 Å². The van der Waals surface area contributed by atoms with Crippen LogP contribution >= 0.6 is 0 Å². The van der Waals surface area contributed by atoms with Crippen molar-refractivity contribution in [3.05, 3.63) is 23.9 Å². The first-order valence-electron chi connectivity index (χ1n) is 7.25. The van der Waals surface area contributed by atoms with Crippen molar-refractivity contribution >= 4 is 11.7 Å². The van der Waals surface area contributed by atoms with Crippen LogP contribution in [0.15, 0.2) is 18.3 Å². The molecule has 20 heavy (non-hydrogen) atoms. The number of carbonyl (C=O) groups is 1. The average molecular weight is 279 g/mol. The van der Waals surface area contributed by atoms with Gasteiger partial charge in [0, 0.05) is 38.6 Å². The number of ether oxygens (including phenoxy) is 1. The summed E-state index contributed by atoms with van der Waals surface area (Å²) in [6, 6.07) is 3.51. The molecule has 5 nitrogen and oxygen atoms in total. The van der Waals surface area contributed by atoms with Gasteiger partial charge in [-0.15, -0.1) is 0 Å². The summed E-state index contributed by atoms with van der Waals surface area (Å²) < 4.78 is 4.98. The zero-order chi connectivity index (χ0) is 14.6. The van der Waals surface area contributed by atoms with Crippen molar-refractivity contribution in [2.45, 2.75) is 32.6 Å². The molecule has 0 atom stereocenters. The van der Waals surface area contributed by atoms with E-state index in [1.165, 1.54) is 0 Å². The van der Waals surface area contributed by atoms with E-state index in [0.29, 0.717) is 12.2 Å². The highest BCUT2D eigenvalue weighted by atomic mass is 16.5. The summed E-state index contributed by atoms with van der Waals surface area (Å²) in [5.41, 5.74) is 0.644. The normalized spacial score (nSPS) is 10.3. The minimum atomic E-state index is -0.0385. The molecule has 1 aromatic heterocycles. The Labute approximate surface area is 121 Å². The third kappa shape index (κ3) is 6.52. The van der Waals surface area contributed by atoms with Gasteiger partial charge >= 0.3 is 0 Å². The zero-order valence-electron chi connectivity index (χ0n) is 12.4. The second-order valence-corrected chi connectivity index (χ2v) is 4.67. The third-order valence-corrected chi connectivity index (χ3v) is 2.92. The first kappa shape index (κ1) is 16.4. The predicted molar refractivity (Wildman–Crippen MR) is 81.1 cm³/mol.